The van der Waals surface area contributed by atoms with E-state index in [0.717, 1.165) is 25.7 Å². The molecular weight excluding hydrogens is 412 g/mol. The van der Waals surface area contributed by atoms with E-state index in [0.29, 0.717) is 21.7 Å². The molecule has 2 aromatic carbocycles. The Morgan fingerprint density at radius 2 is 1.75 bits per heavy atom. The van der Waals surface area contributed by atoms with Gasteiger partial charge in [-0.1, -0.05) is 54.1 Å². The molecule has 5 aromatic rings. The molecule has 0 aliphatic carbocycles. The Labute approximate surface area is 173 Å². The molecule has 0 aliphatic rings. The van der Waals surface area contributed by atoms with E-state index >= 15 is 0 Å². The highest BCUT2D eigenvalue weighted by atomic mass is 35.5. The molecule has 0 fully saturated rings. The topological polar surface area (TPSA) is 64.7 Å². The molecule has 0 amide bonds. The zero-order valence-electron chi connectivity index (χ0n) is 14.2. The molecule has 5 rings (SSSR count). The van der Waals surface area contributed by atoms with Gasteiger partial charge in [0.2, 0.25) is 5.89 Å². The van der Waals surface area contributed by atoms with Crippen LogP contribution in [0.15, 0.2) is 81.7 Å². The van der Waals surface area contributed by atoms with E-state index in [1.54, 1.807) is 23.7 Å². The van der Waals surface area contributed by atoms with Crippen molar-refractivity contribution >= 4 is 44.9 Å². The fourth-order valence-electron chi connectivity index (χ4n) is 2.74. The lowest BCUT2D eigenvalue weighted by molar-refractivity contribution is 0.466. The third-order valence-electron chi connectivity index (χ3n) is 4.05. The Kier molecular flexibility index (Phi) is 4.56. The molecule has 0 N–H and O–H groups in total. The normalized spacial score (nSPS) is 11.2. The fourth-order valence-corrected chi connectivity index (χ4v) is 4.76. The van der Waals surface area contributed by atoms with Gasteiger partial charge in [0.15, 0.2) is 0 Å². The van der Waals surface area contributed by atoms with Gasteiger partial charge in [-0.2, -0.15) is 0 Å². The van der Waals surface area contributed by atoms with Crippen LogP contribution in [-0.2, 0) is 0 Å². The van der Waals surface area contributed by atoms with Crippen molar-refractivity contribution in [1.29, 1.82) is 0 Å². The first-order valence-corrected chi connectivity index (χ1v) is 10.4. The minimum atomic E-state index is 0.383. The van der Waals surface area contributed by atoms with E-state index in [2.05, 4.69) is 38.4 Å². The van der Waals surface area contributed by atoms with E-state index in [1.807, 2.05) is 36.4 Å². The van der Waals surface area contributed by atoms with Gasteiger partial charge in [-0.25, -0.2) is 9.97 Å². The van der Waals surface area contributed by atoms with Gasteiger partial charge < -0.3 is 4.42 Å². The molecule has 3 heterocycles. The number of halogens is 1. The Bertz CT molecular complexity index is 1270. The van der Waals surface area contributed by atoms with Crippen molar-refractivity contribution in [3.05, 3.63) is 72.0 Å². The first kappa shape index (κ1) is 17.4. The number of rotatable bonds is 4. The molecule has 0 saturated carbocycles. The van der Waals surface area contributed by atoms with Crippen LogP contribution in [0.5, 0.6) is 0 Å². The molecule has 0 unspecified atom stereocenters. The second-order valence-electron chi connectivity index (χ2n) is 5.83. The summed E-state index contributed by atoms with van der Waals surface area (Å²) in [6.45, 7) is 0. The van der Waals surface area contributed by atoms with Gasteiger partial charge in [-0.05, 0) is 35.5 Å². The lowest BCUT2D eigenvalue weighted by Crippen LogP contribution is -1.83. The first-order valence-electron chi connectivity index (χ1n) is 8.34. The van der Waals surface area contributed by atoms with E-state index < -0.39 is 0 Å². The van der Waals surface area contributed by atoms with Crippen LogP contribution in [0.2, 0.25) is 5.02 Å². The highest BCUT2D eigenvalue weighted by Gasteiger charge is 2.16. The third-order valence-corrected chi connectivity index (χ3v) is 6.33. The average molecular weight is 423 g/mol. The molecule has 28 heavy (non-hydrogen) atoms. The molecule has 3 aromatic heterocycles. The Morgan fingerprint density at radius 1 is 0.929 bits per heavy atom. The van der Waals surface area contributed by atoms with E-state index in [4.69, 9.17) is 16.0 Å². The van der Waals surface area contributed by atoms with Gasteiger partial charge in [-0.15, -0.1) is 21.5 Å². The highest BCUT2D eigenvalue weighted by Crippen LogP contribution is 2.38. The molecule has 0 spiro atoms. The van der Waals surface area contributed by atoms with E-state index in [1.165, 1.54) is 11.8 Å². The summed E-state index contributed by atoms with van der Waals surface area (Å²) in [7, 11) is 0. The molecule has 5 nitrogen and oxygen atoms in total. The van der Waals surface area contributed by atoms with Crippen molar-refractivity contribution in [3.63, 3.8) is 0 Å². The van der Waals surface area contributed by atoms with Crippen LogP contribution >= 0.6 is 34.7 Å². The Hall–Kier alpha value is -2.74. The highest BCUT2D eigenvalue weighted by molar-refractivity contribution is 7.99. The van der Waals surface area contributed by atoms with Crippen LogP contribution in [0, 0.1) is 0 Å². The zero-order chi connectivity index (χ0) is 18.9. The summed E-state index contributed by atoms with van der Waals surface area (Å²) in [5.41, 5.74) is 1.86. The monoisotopic (exact) mass is 422 g/mol. The van der Waals surface area contributed by atoms with E-state index in [-0.39, 0.29) is 0 Å². The van der Waals surface area contributed by atoms with Gasteiger partial charge in [0.1, 0.15) is 16.2 Å². The second-order valence-corrected chi connectivity index (χ2v) is 8.21. The predicted molar refractivity (Wildman–Crippen MR) is 112 cm³/mol. The maximum atomic E-state index is 6.21. The maximum Gasteiger partial charge on any atom is 0.283 e. The summed E-state index contributed by atoms with van der Waals surface area (Å²) >= 11 is 9.16. The quantitative estimate of drug-likeness (QED) is 0.320. The van der Waals surface area contributed by atoms with Gasteiger partial charge in [0.25, 0.3) is 5.22 Å². The molecule has 0 atom stereocenters. The number of hydrogen-bond acceptors (Lipinski definition) is 7. The van der Waals surface area contributed by atoms with Crippen LogP contribution in [0.1, 0.15) is 0 Å². The van der Waals surface area contributed by atoms with Crippen molar-refractivity contribution in [1.82, 2.24) is 20.2 Å². The molecule has 136 valence electrons. The summed E-state index contributed by atoms with van der Waals surface area (Å²) in [6.07, 6.45) is 1.56. The minimum absolute atomic E-state index is 0.383. The standard InChI is InChI=1S/C20H11ClN4OS2/c21-15-9-5-4-8-13(15)17-24-25-20(26-17)28-19-14-10-16(12-6-2-1-3-7-12)27-18(14)22-11-23-19/h1-11H. The van der Waals surface area contributed by atoms with Gasteiger partial charge in [0, 0.05) is 10.3 Å². The van der Waals surface area contributed by atoms with Gasteiger partial charge in [-0.3, -0.25) is 0 Å². The minimum Gasteiger partial charge on any atom is -0.411 e. The van der Waals surface area contributed by atoms with Crippen LogP contribution in [0.3, 0.4) is 0 Å². The number of aromatic nitrogens is 4. The van der Waals surface area contributed by atoms with Crippen LogP contribution in [0.4, 0.5) is 0 Å². The number of hydrogen-bond donors (Lipinski definition) is 0. The van der Waals surface area contributed by atoms with Crippen LogP contribution < -0.4 is 0 Å². The zero-order valence-corrected chi connectivity index (χ0v) is 16.6. The lowest BCUT2D eigenvalue weighted by atomic mass is 10.2. The van der Waals surface area contributed by atoms with Crippen molar-refractivity contribution in [2.24, 2.45) is 0 Å². The van der Waals surface area contributed by atoms with Crippen LogP contribution in [-0.4, -0.2) is 20.2 Å². The summed E-state index contributed by atoms with van der Waals surface area (Å²) in [4.78, 5) is 10.9. The summed E-state index contributed by atoms with van der Waals surface area (Å²) in [6, 6.07) is 19.7. The number of benzene rings is 2. The Morgan fingerprint density at radius 3 is 2.61 bits per heavy atom. The molecule has 0 aliphatic heterocycles. The number of nitrogens with zero attached hydrogens (tertiary/aromatic N) is 4. The van der Waals surface area contributed by atoms with Gasteiger partial charge >= 0.3 is 0 Å². The summed E-state index contributed by atoms with van der Waals surface area (Å²) in [5, 5.41) is 11.0. The molecule has 0 bridgehead atoms. The molecule has 0 saturated heterocycles. The molecule has 8 heteroatoms. The van der Waals surface area contributed by atoms with Crippen LogP contribution in [0.25, 0.3) is 32.1 Å². The first-order chi connectivity index (χ1) is 13.8. The Balaban J connectivity index is 1.49. The molecular formula is C20H11ClN4OS2. The summed E-state index contributed by atoms with van der Waals surface area (Å²) in [5.74, 6) is 0.383. The fraction of sp³-hybridized carbons (Fsp3) is 0. The maximum absolute atomic E-state index is 6.21. The number of thiophene rings is 1. The van der Waals surface area contributed by atoms with Crippen molar-refractivity contribution in [3.8, 4) is 21.9 Å². The average Bonchev–Trinajstić information content (AvgIpc) is 3.37. The third kappa shape index (κ3) is 3.28. The SMILES string of the molecule is Clc1ccccc1-c1nnc(Sc2ncnc3sc(-c4ccccc4)cc23)o1. The van der Waals surface area contributed by atoms with Gasteiger partial charge in [0.05, 0.1) is 10.6 Å². The summed E-state index contributed by atoms with van der Waals surface area (Å²) < 4.78 is 5.79. The van der Waals surface area contributed by atoms with Crippen molar-refractivity contribution < 1.29 is 4.42 Å². The predicted octanol–water partition coefficient (Wildman–Crippen LogP) is 6.21. The largest absolute Gasteiger partial charge is 0.411 e. The van der Waals surface area contributed by atoms with Crippen molar-refractivity contribution in [2.75, 3.05) is 0 Å². The van der Waals surface area contributed by atoms with Crippen molar-refractivity contribution in [2.45, 2.75) is 10.2 Å². The van der Waals surface area contributed by atoms with E-state index in [9.17, 15) is 0 Å². The lowest BCUT2D eigenvalue weighted by Gasteiger charge is -1.98. The smallest absolute Gasteiger partial charge is 0.283 e. The molecule has 0 radical (unpaired) electrons. The second kappa shape index (κ2) is 7.35. The number of fused-ring (bicyclic) bond motifs is 1.